The number of hydrogen-bond donors (Lipinski definition) is 2. The van der Waals surface area contributed by atoms with E-state index in [1.165, 1.54) is 7.05 Å². The molecule has 0 saturated carbocycles. The Bertz CT molecular complexity index is 775. The van der Waals surface area contributed by atoms with Gasteiger partial charge in [0.1, 0.15) is 22.4 Å². The smallest absolute Gasteiger partial charge is 0.246 e. The Morgan fingerprint density at radius 2 is 2.00 bits per heavy atom. The normalized spacial score (nSPS) is 12.0. The minimum atomic E-state index is -4.18. The van der Waals surface area contributed by atoms with Crippen LogP contribution in [0.3, 0.4) is 0 Å². The van der Waals surface area contributed by atoms with Gasteiger partial charge in [0, 0.05) is 13.1 Å². The van der Waals surface area contributed by atoms with Crippen LogP contribution in [0.1, 0.15) is 11.6 Å². The van der Waals surface area contributed by atoms with E-state index in [0.717, 1.165) is 10.4 Å². The summed E-state index contributed by atoms with van der Waals surface area (Å²) < 4.78 is 52.2. The first-order chi connectivity index (χ1) is 9.71. The van der Waals surface area contributed by atoms with Crippen LogP contribution in [0.15, 0.2) is 17.0 Å². The van der Waals surface area contributed by atoms with E-state index in [2.05, 4.69) is 15.2 Å². The van der Waals surface area contributed by atoms with Gasteiger partial charge in [0.2, 0.25) is 10.0 Å². The molecule has 3 N–H and O–H groups in total. The van der Waals surface area contributed by atoms with Crippen molar-refractivity contribution in [3.8, 4) is 0 Å². The lowest BCUT2D eigenvalue weighted by atomic mass is 10.3. The van der Waals surface area contributed by atoms with Crippen molar-refractivity contribution in [1.29, 1.82) is 0 Å². The van der Waals surface area contributed by atoms with Gasteiger partial charge in [-0.15, -0.1) is 0 Å². The second kappa shape index (κ2) is 5.37. The molecule has 0 fully saturated rings. The molecular weight excluding hydrogens is 304 g/mol. The fourth-order valence-corrected chi connectivity index (χ4v) is 2.86. The zero-order valence-corrected chi connectivity index (χ0v) is 12.1. The van der Waals surface area contributed by atoms with Gasteiger partial charge in [-0.2, -0.15) is 9.40 Å². The average Bonchev–Trinajstić information content (AvgIpc) is 2.79. The molecular formula is C11H13F2N5O2S. The minimum Gasteiger partial charge on any atom is -0.396 e. The van der Waals surface area contributed by atoms with Crippen molar-refractivity contribution in [3.05, 3.63) is 35.4 Å². The van der Waals surface area contributed by atoms with E-state index in [1.54, 1.807) is 6.92 Å². The lowest BCUT2D eigenvalue weighted by Gasteiger charge is -2.16. The molecule has 0 saturated heterocycles. The molecule has 1 aromatic heterocycles. The zero-order chi connectivity index (χ0) is 15.8. The van der Waals surface area contributed by atoms with Crippen LogP contribution in [-0.2, 0) is 16.6 Å². The number of halogens is 2. The summed E-state index contributed by atoms with van der Waals surface area (Å²) in [5.41, 5.74) is 4.84. The molecule has 2 aromatic rings. The molecule has 2 rings (SSSR count). The van der Waals surface area contributed by atoms with Crippen molar-refractivity contribution in [1.82, 2.24) is 19.5 Å². The van der Waals surface area contributed by atoms with Crippen molar-refractivity contribution in [3.63, 3.8) is 0 Å². The molecule has 0 bridgehead atoms. The Morgan fingerprint density at radius 3 is 2.57 bits per heavy atom. The summed E-state index contributed by atoms with van der Waals surface area (Å²) in [6, 6.07) is 1.19. The molecule has 7 nitrogen and oxygen atoms in total. The number of nitrogens with zero attached hydrogens (tertiary/aromatic N) is 3. The lowest BCUT2D eigenvalue weighted by molar-refractivity contribution is 0.450. The van der Waals surface area contributed by atoms with E-state index in [4.69, 9.17) is 5.73 Å². The van der Waals surface area contributed by atoms with Crippen molar-refractivity contribution >= 4 is 15.7 Å². The van der Waals surface area contributed by atoms with Gasteiger partial charge >= 0.3 is 0 Å². The number of rotatable bonds is 4. The molecule has 0 atom stereocenters. The second-order valence-electron chi connectivity index (χ2n) is 4.40. The third-order valence-corrected chi connectivity index (χ3v) is 4.57. The summed E-state index contributed by atoms with van der Waals surface area (Å²) in [6.45, 7) is 1.49. The van der Waals surface area contributed by atoms with Crippen molar-refractivity contribution in [2.24, 2.45) is 0 Å². The van der Waals surface area contributed by atoms with Crippen LogP contribution in [0.25, 0.3) is 0 Å². The lowest BCUT2D eigenvalue weighted by Crippen LogP contribution is -2.28. The molecule has 0 amide bonds. The highest BCUT2D eigenvalue weighted by molar-refractivity contribution is 7.89. The van der Waals surface area contributed by atoms with Crippen LogP contribution in [0.2, 0.25) is 0 Å². The summed E-state index contributed by atoms with van der Waals surface area (Å²) in [7, 11) is -2.94. The molecule has 1 aromatic carbocycles. The van der Waals surface area contributed by atoms with Crippen LogP contribution < -0.4 is 5.73 Å². The SMILES string of the molecule is Cc1nc(CN(C)S(=O)(=O)c2cc(N)c(F)cc2F)n[nH]1. The Morgan fingerprint density at radius 1 is 1.33 bits per heavy atom. The standard InChI is InChI=1S/C11H13F2N5O2S/c1-6-15-11(17-16-6)5-18(2)21(19,20)10-4-9(14)7(12)3-8(10)13/h3-4H,5,14H2,1-2H3,(H,15,16,17). The summed E-state index contributed by atoms with van der Waals surface area (Å²) in [6.07, 6.45) is 0. The quantitative estimate of drug-likeness (QED) is 0.811. The minimum absolute atomic E-state index is 0.163. The maximum Gasteiger partial charge on any atom is 0.246 e. The predicted molar refractivity (Wildman–Crippen MR) is 70.5 cm³/mol. The maximum absolute atomic E-state index is 13.7. The van der Waals surface area contributed by atoms with Crippen molar-refractivity contribution in [2.45, 2.75) is 18.4 Å². The summed E-state index contributed by atoms with van der Waals surface area (Å²) in [5.74, 6) is -1.47. The molecule has 114 valence electrons. The molecule has 21 heavy (non-hydrogen) atoms. The third-order valence-electron chi connectivity index (χ3n) is 2.75. The highest BCUT2D eigenvalue weighted by atomic mass is 32.2. The van der Waals surface area contributed by atoms with Crippen LogP contribution in [-0.4, -0.2) is 35.0 Å². The van der Waals surface area contributed by atoms with Gasteiger partial charge in [-0.05, 0) is 13.0 Å². The molecule has 0 aliphatic rings. The van der Waals surface area contributed by atoms with E-state index in [1.807, 2.05) is 0 Å². The molecule has 0 aliphatic carbocycles. The fourth-order valence-electron chi connectivity index (χ4n) is 1.65. The van der Waals surface area contributed by atoms with Gasteiger partial charge in [0.05, 0.1) is 12.2 Å². The number of nitrogens with two attached hydrogens (primary N) is 1. The monoisotopic (exact) mass is 317 g/mol. The van der Waals surface area contributed by atoms with Gasteiger partial charge in [-0.25, -0.2) is 22.2 Å². The summed E-state index contributed by atoms with van der Waals surface area (Å²) >= 11 is 0. The fraction of sp³-hybridized carbons (Fsp3) is 0.273. The predicted octanol–water partition coefficient (Wildman–Crippen LogP) is 0.794. The number of nitrogen functional groups attached to an aromatic ring is 1. The summed E-state index contributed by atoms with van der Waals surface area (Å²) in [5, 5.41) is 6.36. The number of H-pyrrole nitrogens is 1. The molecule has 1 heterocycles. The topological polar surface area (TPSA) is 105 Å². The Labute approximate surface area is 119 Å². The second-order valence-corrected chi connectivity index (χ2v) is 6.42. The summed E-state index contributed by atoms with van der Waals surface area (Å²) in [4.78, 5) is 3.26. The first kappa shape index (κ1) is 15.3. The van der Waals surface area contributed by atoms with Crippen molar-refractivity contribution < 1.29 is 17.2 Å². The van der Waals surface area contributed by atoms with Gasteiger partial charge in [-0.3, -0.25) is 5.10 Å². The van der Waals surface area contributed by atoms with Crippen molar-refractivity contribution in [2.75, 3.05) is 12.8 Å². The Kier molecular flexibility index (Phi) is 3.92. The Balaban J connectivity index is 2.35. The number of benzene rings is 1. The number of nitrogens with one attached hydrogen (secondary N) is 1. The third kappa shape index (κ3) is 3.00. The van der Waals surface area contributed by atoms with Crippen LogP contribution in [0.4, 0.5) is 14.5 Å². The zero-order valence-electron chi connectivity index (χ0n) is 11.3. The number of sulfonamides is 1. The van der Waals surface area contributed by atoms with Gasteiger partial charge < -0.3 is 5.73 Å². The number of hydrogen-bond acceptors (Lipinski definition) is 5. The van der Waals surface area contributed by atoms with E-state index in [0.29, 0.717) is 11.9 Å². The first-order valence-corrected chi connectivity index (χ1v) is 7.24. The first-order valence-electron chi connectivity index (χ1n) is 5.80. The van der Waals surface area contributed by atoms with E-state index in [-0.39, 0.29) is 12.4 Å². The van der Waals surface area contributed by atoms with Gasteiger partial charge in [-0.1, -0.05) is 0 Å². The highest BCUT2D eigenvalue weighted by Gasteiger charge is 2.27. The highest BCUT2D eigenvalue weighted by Crippen LogP contribution is 2.24. The van der Waals surface area contributed by atoms with Crippen LogP contribution in [0, 0.1) is 18.6 Å². The number of aromatic nitrogens is 3. The van der Waals surface area contributed by atoms with E-state index < -0.39 is 32.2 Å². The van der Waals surface area contributed by atoms with E-state index in [9.17, 15) is 17.2 Å². The van der Waals surface area contributed by atoms with Gasteiger partial charge in [0.15, 0.2) is 5.82 Å². The molecule has 10 heteroatoms. The van der Waals surface area contributed by atoms with Crippen LogP contribution in [0.5, 0.6) is 0 Å². The largest absolute Gasteiger partial charge is 0.396 e. The van der Waals surface area contributed by atoms with E-state index >= 15 is 0 Å². The maximum atomic E-state index is 13.7. The molecule has 0 unspecified atom stereocenters. The van der Waals surface area contributed by atoms with Gasteiger partial charge in [0.25, 0.3) is 0 Å². The average molecular weight is 317 g/mol. The molecule has 0 aliphatic heterocycles. The molecule has 0 spiro atoms. The Hall–Kier alpha value is -2.07. The number of aryl methyl sites for hydroxylation is 1. The molecule has 0 radical (unpaired) electrons. The number of anilines is 1. The number of aromatic amines is 1. The van der Waals surface area contributed by atoms with Crippen LogP contribution >= 0.6 is 0 Å².